The summed E-state index contributed by atoms with van der Waals surface area (Å²) in [6, 6.07) is 15.3. The topological polar surface area (TPSA) is 52.6 Å². The molecular formula is C15H14N2O2. The zero-order chi connectivity index (χ0) is 13.4. The molecule has 0 saturated heterocycles. The minimum atomic E-state index is -0.899. The quantitative estimate of drug-likeness (QED) is 0.865. The van der Waals surface area contributed by atoms with Gasteiger partial charge < -0.3 is 10.5 Å². The van der Waals surface area contributed by atoms with Crippen molar-refractivity contribution in [1.29, 1.82) is 0 Å². The highest BCUT2D eigenvalue weighted by atomic mass is 16.4. The third-order valence-electron chi connectivity index (χ3n) is 3.39. The Labute approximate surface area is 111 Å². The number of carbonyl (C=O) groups is 1. The molecule has 0 fully saturated rings. The number of hydrazine groups is 1. The molecule has 0 aromatic heterocycles. The first kappa shape index (κ1) is 11.7. The lowest BCUT2D eigenvalue weighted by Gasteiger charge is -2.20. The van der Waals surface area contributed by atoms with Crippen LogP contribution in [-0.2, 0) is 0 Å². The van der Waals surface area contributed by atoms with Crippen molar-refractivity contribution >= 4 is 11.7 Å². The first-order valence-electron chi connectivity index (χ1n) is 6.08. The first-order chi connectivity index (χ1) is 9.16. The maximum absolute atomic E-state index is 11.1. The van der Waals surface area contributed by atoms with Crippen LogP contribution in [0.3, 0.4) is 0 Å². The van der Waals surface area contributed by atoms with E-state index in [1.807, 2.05) is 48.5 Å². The van der Waals surface area contributed by atoms with Gasteiger partial charge in [-0.15, -0.1) is 0 Å². The van der Waals surface area contributed by atoms with Crippen LogP contribution in [-0.4, -0.2) is 23.1 Å². The number of carboxylic acids is 1. The summed E-state index contributed by atoms with van der Waals surface area (Å²) in [5.74, 6) is -0.899. The maximum Gasteiger partial charge on any atom is 0.335 e. The van der Waals surface area contributed by atoms with Crippen LogP contribution in [0, 0.1) is 0 Å². The molecule has 19 heavy (non-hydrogen) atoms. The summed E-state index contributed by atoms with van der Waals surface area (Å²) in [7, 11) is 1.96. The highest BCUT2D eigenvalue weighted by Crippen LogP contribution is 2.38. The van der Waals surface area contributed by atoms with Gasteiger partial charge in [0.05, 0.1) is 17.3 Å². The summed E-state index contributed by atoms with van der Waals surface area (Å²) >= 11 is 0. The first-order valence-corrected chi connectivity index (χ1v) is 6.08. The van der Waals surface area contributed by atoms with Crippen LogP contribution in [0.4, 0.5) is 5.69 Å². The highest BCUT2D eigenvalue weighted by molar-refractivity contribution is 5.89. The molecule has 0 aliphatic carbocycles. The molecule has 4 nitrogen and oxygen atoms in total. The van der Waals surface area contributed by atoms with Gasteiger partial charge in [0.15, 0.2) is 0 Å². The molecule has 0 spiro atoms. The monoisotopic (exact) mass is 254 g/mol. The fourth-order valence-corrected chi connectivity index (χ4v) is 2.53. The summed E-state index contributed by atoms with van der Waals surface area (Å²) < 4.78 is 0. The predicted molar refractivity (Wildman–Crippen MR) is 73.1 cm³/mol. The minimum absolute atomic E-state index is 0.0375. The van der Waals surface area contributed by atoms with Crippen LogP contribution in [0.25, 0.3) is 0 Å². The van der Waals surface area contributed by atoms with E-state index >= 15 is 0 Å². The van der Waals surface area contributed by atoms with Gasteiger partial charge >= 0.3 is 5.97 Å². The molecule has 1 unspecified atom stereocenters. The van der Waals surface area contributed by atoms with Crippen LogP contribution < -0.4 is 5.43 Å². The standard InChI is InChI=1S/C15H14N2O2/c1-17-14(10-5-3-2-4-6-10)12-9-11(15(18)19)7-8-13(12)16-17/h2-9,14,16H,1H3,(H,18,19). The molecule has 4 heteroatoms. The Kier molecular flexibility index (Phi) is 2.72. The number of nitrogens with zero attached hydrogens (tertiary/aromatic N) is 1. The van der Waals surface area contributed by atoms with Gasteiger partial charge in [-0.1, -0.05) is 30.3 Å². The smallest absolute Gasteiger partial charge is 0.335 e. The number of rotatable bonds is 2. The van der Waals surface area contributed by atoms with Crippen molar-refractivity contribution in [2.75, 3.05) is 12.5 Å². The van der Waals surface area contributed by atoms with E-state index < -0.39 is 5.97 Å². The van der Waals surface area contributed by atoms with E-state index in [-0.39, 0.29) is 6.04 Å². The summed E-state index contributed by atoms with van der Waals surface area (Å²) in [5, 5.41) is 11.1. The molecule has 1 aliphatic rings. The van der Waals surface area contributed by atoms with Gasteiger partial charge in [-0.3, -0.25) is 0 Å². The van der Waals surface area contributed by atoms with Crippen LogP contribution in [0.1, 0.15) is 27.5 Å². The van der Waals surface area contributed by atoms with Gasteiger partial charge in [-0.25, -0.2) is 9.80 Å². The van der Waals surface area contributed by atoms with Gasteiger partial charge in [0, 0.05) is 12.6 Å². The van der Waals surface area contributed by atoms with Crippen LogP contribution in [0.2, 0.25) is 0 Å². The zero-order valence-electron chi connectivity index (χ0n) is 10.5. The third-order valence-corrected chi connectivity index (χ3v) is 3.39. The zero-order valence-corrected chi connectivity index (χ0v) is 10.5. The molecule has 96 valence electrons. The Morgan fingerprint density at radius 3 is 2.63 bits per heavy atom. The number of aromatic carboxylic acids is 1. The Morgan fingerprint density at radius 2 is 1.95 bits per heavy atom. The second-order valence-electron chi connectivity index (χ2n) is 4.64. The van der Waals surface area contributed by atoms with E-state index in [0.29, 0.717) is 5.56 Å². The normalized spacial score (nSPS) is 17.8. The predicted octanol–water partition coefficient (Wildman–Crippen LogP) is 2.75. The lowest BCUT2D eigenvalue weighted by Crippen LogP contribution is -2.23. The number of hydrogen-bond donors (Lipinski definition) is 2. The van der Waals surface area contributed by atoms with E-state index in [9.17, 15) is 4.79 Å². The van der Waals surface area contributed by atoms with E-state index in [2.05, 4.69) is 5.43 Å². The summed E-state index contributed by atoms with van der Waals surface area (Å²) in [4.78, 5) is 11.1. The SMILES string of the molecule is CN1Nc2ccc(C(=O)O)cc2C1c1ccccc1. The fourth-order valence-electron chi connectivity index (χ4n) is 2.53. The molecule has 2 aromatic carbocycles. The summed E-state index contributed by atoms with van der Waals surface area (Å²) in [6.45, 7) is 0. The van der Waals surface area contributed by atoms with Gasteiger partial charge in [-0.05, 0) is 23.8 Å². The molecule has 2 aromatic rings. The highest BCUT2D eigenvalue weighted by Gasteiger charge is 2.29. The maximum atomic E-state index is 11.1. The van der Waals surface area contributed by atoms with Gasteiger partial charge in [0.2, 0.25) is 0 Å². The Bertz CT molecular complexity index is 625. The van der Waals surface area contributed by atoms with Crippen molar-refractivity contribution in [2.24, 2.45) is 0 Å². The molecule has 0 radical (unpaired) electrons. The largest absolute Gasteiger partial charge is 0.478 e. The lowest BCUT2D eigenvalue weighted by atomic mass is 9.97. The van der Waals surface area contributed by atoms with Crippen molar-refractivity contribution in [1.82, 2.24) is 5.01 Å². The average molecular weight is 254 g/mol. The number of carboxylic acid groups (broad SMARTS) is 1. The van der Waals surface area contributed by atoms with Crippen molar-refractivity contribution in [3.63, 3.8) is 0 Å². The second-order valence-corrected chi connectivity index (χ2v) is 4.64. The number of benzene rings is 2. The molecular weight excluding hydrogens is 240 g/mol. The van der Waals surface area contributed by atoms with Crippen molar-refractivity contribution in [3.05, 3.63) is 65.2 Å². The van der Waals surface area contributed by atoms with Crippen LogP contribution >= 0.6 is 0 Å². The molecule has 3 rings (SSSR count). The lowest BCUT2D eigenvalue weighted by molar-refractivity contribution is 0.0697. The minimum Gasteiger partial charge on any atom is -0.478 e. The van der Waals surface area contributed by atoms with Gasteiger partial charge in [0.1, 0.15) is 0 Å². The Hall–Kier alpha value is -2.33. The molecule has 0 amide bonds. The Morgan fingerprint density at radius 1 is 1.21 bits per heavy atom. The molecule has 0 saturated carbocycles. The van der Waals surface area contributed by atoms with E-state index in [1.165, 1.54) is 0 Å². The molecule has 1 aliphatic heterocycles. The summed E-state index contributed by atoms with van der Waals surface area (Å²) in [5.41, 5.74) is 6.66. The third kappa shape index (κ3) is 1.96. The van der Waals surface area contributed by atoms with Gasteiger partial charge in [0.25, 0.3) is 0 Å². The Balaban J connectivity index is 2.10. The van der Waals surface area contributed by atoms with E-state index in [1.54, 1.807) is 12.1 Å². The number of fused-ring (bicyclic) bond motifs is 1. The van der Waals surface area contributed by atoms with Crippen LogP contribution in [0.15, 0.2) is 48.5 Å². The fraction of sp³-hybridized carbons (Fsp3) is 0.133. The van der Waals surface area contributed by atoms with Crippen LogP contribution in [0.5, 0.6) is 0 Å². The van der Waals surface area contributed by atoms with Crippen molar-refractivity contribution in [3.8, 4) is 0 Å². The number of hydrogen-bond acceptors (Lipinski definition) is 3. The van der Waals surface area contributed by atoms with Gasteiger partial charge in [-0.2, -0.15) is 0 Å². The summed E-state index contributed by atoms with van der Waals surface area (Å²) in [6.07, 6.45) is 0. The molecule has 1 atom stereocenters. The van der Waals surface area contributed by atoms with E-state index in [0.717, 1.165) is 16.8 Å². The number of anilines is 1. The molecule has 2 N–H and O–H groups in total. The number of nitrogens with one attached hydrogen (secondary N) is 1. The average Bonchev–Trinajstić information content (AvgIpc) is 2.74. The van der Waals surface area contributed by atoms with E-state index in [4.69, 9.17) is 5.11 Å². The molecule has 0 bridgehead atoms. The molecule has 1 heterocycles. The second kappa shape index (κ2) is 4.40. The van der Waals surface area contributed by atoms with Crippen molar-refractivity contribution in [2.45, 2.75) is 6.04 Å². The van der Waals surface area contributed by atoms with Crippen molar-refractivity contribution < 1.29 is 9.90 Å².